The SMILES string of the molecule is CC(C)c1c(N)n[nH]c1C1CCCCCC1. The van der Waals surface area contributed by atoms with Crippen molar-refractivity contribution >= 4 is 5.82 Å². The molecule has 90 valence electrons. The van der Waals surface area contributed by atoms with Gasteiger partial charge in [-0.25, -0.2) is 0 Å². The first-order valence-electron chi connectivity index (χ1n) is 6.53. The molecule has 3 nitrogen and oxygen atoms in total. The number of H-pyrrole nitrogens is 1. The lowest BCUT2D eigenvalue weighted by molar-refractivity contribution is 0.568. The second-order valence-electron chi connectivity index (χ2n) is 5.28. The Morgan fingerprint density at radius 3 is 2.38 bits per heavy atom. The third kappa shape index (κ3) is 2.23. The maximum atomic E-state index is 5.95. The van der Waals surface area contributed by atoms with Gasteiger partial charge in [-0.05, 0) is 18.8 Å². The number of hydrogen-bond acceptors (Lipinski definition) is 2. The molecule has 0 amide bonds. The Labute approximate surface area is 97.8 Å². The van der Waals surface area contributed by atoms with E-state index in [9.17, 15) is 0 Å². The highest BCUT2D eigenvalue weighted by molar-refractivity contribution is 5.45. The Balaban J connectivity index is 2.24. The largest absolute Gasteiger partial charge is 0.382 e. The number of aromatic nitrogens is 2. The Morgan fingerprint density at radius 1 is 1.19 bits per heavy atom. The van der Waals surface area contributed by atoms with Gasteiger partial charge in [-0.3, -0.25) is 5.10 Å². The number of rotatable bonds is 2. The van der Waals surface area contributed by atoms with Crippen LogP contribution in [0.25, 0.3) is 0 Å². The van der Waals surface area contributed by atoms with Crippen molar-refractivity contribution < 1.29 is 0 Å². The van der Waals surface area contributed by atoms with Crippen molar-refractivity contribution in [3.8, 4) is 0 Å². The molecule has 0 spiro atoms. The molecule has 1 aromatic heterocycles. The Hall–Kier alpha value is -0.990. The van der Waals surface area contributed by atoms with E-state index in [1.165, 1.54) is 49.8 Å². The molecule has 3 heteroatoms. The minimum Gasteiger partial charge on any atom is -0.382 e. The lowest BCUT2D eigenvalue weighted by Crippen LogP contribution is -2.04. The molecule has 3 N–H and O–H groups in total. The Morgan fingerprint density at radius 2 is 1.81 bits per heavy atom. The first-order chi connectivity index (χ1) is 7.70. The van der Waals surface area contributed by atoms with Crippen LogP contribution >= 0.6 is 0 Å². The van der Waals surface area contributed by atoms with Crippen LogP contribution in [0.15, 0.2) is 0 Å². The molecule has 0 aliphatic heterocycles. The molecule has 1 aliphatic carbocycles. The topological polar surface area (TPSA) is 54.7 Å². The molecule has 2 rings (SSSR count). The number of nitrogens with two attached hydrogens (primary N) is 1. The first kappa shape index (κ1) is 11.5. The van der Waals surface area contributed by atoms with Crippen molar-refractivity contribution in [3.63, 3.8) is 0 Å². The zero-order valence-electron chi connectivity index (χ0n) is 10.4. The minimum atomic E-state index is 0.469. The summed E-state index contributed by atoms with van der Waals surface area (Å²) in [5.74, 6) is 1.83. The van der Waals surface area contributed by atoms with Crippen LogP contribution in [-0.2, 0) is 0 Å². The highest BCUT2D eigenvalue weighted by atomic mass is 15.2. The van der Waals surface area contributed by atoms with Gasteiger partial charge in [-0.15, -0.1) is 0 Å². The summed E-state index contributed by atoms with van der Waals surface area (Å²) in [5.41, 5.74) is 8.52. The van der Waals surface area contributed by atoms with Gasteiger partial charge in [-0.2, -0.15) is 5.10 Å². The van der Waals surface area contributed by atoms with E-state index in [0.29, 0.717) is 17.7 Å². The fraction of sp³-hybridized carbons (Fsp3) is 0.769. The van der Waals surface area contributed by atoms with Crippen molar-refractivity contribution in [1.82, 2.24) is 10.2 Å². The van der Waals surface area contributed by atoms with Crippen LogP contribution in [0.2, 0.25) is 0 Å². The van der Waals surface area contributed by atoms with Crippen molar-refractivity contribution in [1.29, 1.82) is 0 Å². The monoisotopic (exact) mass is 221 g/mol. The van der Waals surface area contributed by atoms with E-state index in [4.69, 9.17) is 5.73 Å². The lowest BCUT2D eigenvalue weighted by atomic mass is 9.90. The number of nitrogens with zero attached hydrogens (tertiary/aromatic N) is 1. The molecule has 0 unspecified atom stereocenters. The molecule has 1 aromatic rings. The van der Waals surface area contributed by atoms with Gasteiger partial charge in [0.25, 0.3) is 0 Å². The molecule has 0 atom stereocenters. The van der Waals surface area contributed by atoms with Gasteiger partial charge in [0.2, 0.25) is 0 Å². The second kappa shape index (κ2) is 4.89. The van der Waals surface area contributed by atoms with Crippen LogP contribution in [0.3, 0.4) is 0 Å². The molecular formula is C13H23N3. The van der Waals surface area contributed by atoms with Crippen LogP contribution in [0.1, 0.15) is 75.5 Å². The average Bonchev–Trinajstić information content (AvgIpc) is 2.50. The van der Waals surface area contributed by atoms with Crippen LogP contribution < -0.4 is 5.73 Å². The van der Waals surface area contributed by atoms with Crippen LogP contribution in [-0.4, -0.2) is 10.2 Å². The number of hydrogen-bond donors (Lipinski definition) is 2. The summed E-state index contributed by atoms with van der Waals surface area (Å²) in [5, 5.41) is 7.37. The van der Waals surface area contributed by atoms with Crippen LogP contribution in [0, 0.1) is 0 Å². The van der Waals surface area contributed by atoms with Gasteiger partial charge in [0.1, 0.15) is 5.82 Å². The number of nitrogens with one attached hydrogen (secondary N) is 1. The molecule has 1 fully saturated rings. The molecule has 0 aromatic carbocycles. The first-order valence-corrected chi connectivity index (χ1v) is 6.53. The second-order valence-corrected chi connectivity index (χ2v) is 5.28. The van der Waals surface area contributed by atoms with Gasteiger partial charge in [-0.1, -0.05) is 39.5 Å². The minimum absolute atomic E-state index is 0.469. The molecular weight excluding hydrogens is 198 g/mol. The van der Waals surface area contributed by atoms with E-state index in [2.05, 4.69) is 24.0 Å². The third-order valence-electron chi connectivity index (χ3n) is 3.70. The smallest absolute Gasteiger partial charge is 0.148 e. The van der Waals surface area contributed by atoms with Gasteiger partial charge >= 0.3 is 0 Å². The van der Waals surface area contributed by atoms with E-state index >= 15 is 0 Å². The molecule has 1 heterocycles. The maximum Gasteiger partial charge on any atom is 0.148 e. The van der Waals surface area contributed by atoms with Gasteiger partial charge in [0, 0.05) is 17.2 Å². The van der Waals surface area contributed by atoms with E-state index in [-0.39, 0.29) is 0 Å². The van der Waals surface area contributed by atoms with Crippen molar-refractivity contribution in [2.24, 2.45) is 0 Å². The number of anilines is 1. The summed E-state index contributed by atoms with van der Waals surface area (Å²) < 4.78 is 0. The van der Waals surface area contributed by atoms with E-state index in [1.54, 1.807) is 0 Å². The van der Waals surface area contributed by atoms with Gasteiger partial charge < -0.3 is 5.73 Å². The fourth-order valence-corrected chi connectivity index (χ4v) is 2.86. The van der Waals surface area contributed by atoms with Crippen molar-refractivity contribution in [3.05, 3.63) is 11.3 Å². The van der Waals surface area contributed by atoms with E-state index in [1.807, 2.05) is 0 Å². The van der Waals surface area contributed by atoms with E-state index < -0.39 is 0 Å². The zero-order valence-corrected chi connectivity index (χ0v) is 10.4. The Kier molecular flexibility index (Phi) is 3.52. The molecule has 1 saturated carbocycles. The lowest BCUT2D eigenvalue weighted by Gasteiger charge is -2.16. The standard InChI is InChI=1S/C13H23N3/c1-9(2)11-12(15-16-13(11)14)10-7-5-3-4-6-8-10/h9-10H,3-8H2,1-2H3,(H3,14,15,16). The third-order valence-corrected chi connectivity index (χ3v) is 3.70. The normalized spacial score (nSPS) is 18.9. The summed E-state index contributed by atoms with van der Waals surface area (Å²) in [6.45, 7) is 4.39. The number of nitrogen functional groups attached to an aromatic ring is 1. The summed E-state index contributed by atoms with van der Waals surface area (Å²) in [6, 6.07) is 0. The quantitative estimate of drug-likeness (QED) is 0.750. The van der Waals surface area contributed by atoms with E-state index in [0.717, 1.165) is 0 Å². The predicted molar refractivity (Wildman–Crippen MR) is 67.5 cm³/mol. The Bertz CT molecular complexity index is 333. The highest BCUT2D eigenvalue weighted by Crippen LogP contribution is 2.36. The van der Waals surface area contributed by atoms with Crippen molar-refractivity contribution in [2.75, 3.05) is 5.73 Å². The molecule has 0 radical (unpaired) electrons. The summed E-state index contributed by atoms with van der Waals surface area (Å²) in [6.07, 6.45) is 8.05. The van der Waals surface area contributed by atoms with Gasteiger partial charge in [0.15, 0.2) is 0 Å². The summed E-state index contributed by atoms with van der Waals surface area (Å²) >= 11 is 0. The molecule has 16 heavy (non-hydrogen) atoms. The maximum absolute atomic E-state index is 5.95. The highest BCUT2D eigenvalue weighted by Gasteiger charge is 2.22. The fourth-order valence-electron chi connectivity index (χ4n) is 2.86. The average molecular weight is 221 g/mol. The van der Waals surface area contributed by atoms with Crippen molar-refractivity contribution in [2.45, 2.75) is 64.2 Å². The molecule has 1 aliphatic rings. The molecule has 0 bridgehead atoms. The predicted octanol–water partition coefficient (Wildman–Crippen LogP) is 3.55. The molecule has 0 saturated heterocycles. The van der Waals surface area contributed by atoms with Gasteiger partial charge in [0.05, 0.1) is 0 Å². The summed E-state index contributed by atoms with van der Waals surface area (Å²) in [7, 11) is 0. The number of aromatic amines is 1. The van der Waals surface area contributed by atoms with Crippen LogP contribution in [0.4, 0.5) is 5.82 Å². The van der Waals surface area contributed by atoms with Crippen LogP contribution in [0.5, 0.6) is 0 Å². The zero-order chi connectivity index (χ0) is 11.5. The summed E-state index contributed by atoms with van der Waals surface area (Å²) in [4.78, 5) is 0.